The van der Waals surface area contributed by atoms with Crippen molar-refractivity contribution < 1.29 is 17.9 Å². The molecule has 0 radical (unpaired) electrons. The van der Waals surface area contributed by atoms with Crippen LogP contribution in [-0.2, 0) is 14.8 Å². The molecule has 0 saturated carbocycles. The lowest BCUT2D eigenvalue weighted by atomic mass is 10.2. The molecule has 0 aliphatic heterocycles. The van der Waals surface area contributed by atoms with Crippen LogP contribution < -0.4 is 14.4 Å². The molecular weight excluding hydrogens is 400 g/mol. The van der Waals surface area contributed by atoms with E-state index in [1.807, 2.05) is 55.5 Å². The number of carbonyl (C=O) groups excluding carboxylic acids is 1. The number of nitrogens with one attached hydrogen (secondary N) is 1. The molecule has 156 valence electrons. The third-order valence-electron chi connectivity index (χ3n) is 4.56. The van der Waals surface area contributed by atoms with Gasteiger partial charge < -0.3 is 10.1 Å². The third-order valence-corrected chi connectivity index (χ3v) is 5.80. The Morgan fingerprint density at radius 3 is 2.07 bits per heavy atom. The number of anilines is 2. The molecule has 0 aliphatic rings. The van der Waals surface area contributed by atoms with E-state index in [-0.39, 0.29) is 0 Å². The van der Waals surface area contributed by atoms with Crippen LogP contribution in [-0.4, -0.2) is 26.6 Å². The minimum Gasteiger partial charge on any atom is -0.457 e. The molecule has 3 rings (SSSR count). The molecule has 0 bridgehead atoms. The van der Waals surface area contributed by atoms with E-state index in [1.54, 1.807) is 37.3 Å². The lowest BCUT2D eigenvalue weighted by molar-refractivity contribution is -0.116. The van der Waals surface area contributed by atoms with Crippen molar-refractivity contribution in [3.63, 3.8) is 0 Å². The number of hydrogen-bond donors (Lipinski definition) is 1. The summed E-state index contributed by atoms with van der Waals surface area (Å²) in [5.41, 5.74) is 1.92. The molecule has 0 fully saturated rings. The van der Waals surface area contributed by atoms with Crippen LogP contribution in [0.15, 0.2) is 78.9 Å². The number of benzene rings is 3. The molecule has 0 saturated heterocycles. The zero-order valence-electron chi connectivity index (χ0n) is 17.1. The van der Waals surface area contributed by atoms with Gasteiger partial charge in [0.15, 0.2) is 0 Å². The molecule has 1 unspecified atom stereocenters. The van der Waals surface area contributed by atoms with Crippen LogP contribution in [0.5, 0.6) is 11.5 Å². The molecule has 6 nitrogen and oxygen atoms in total. The van der Waals surface area contributed by atoms with E-state index >= 15 is 0 Å². The number of sulfonamides is 1. The van der Waals surface area contributed by atoms with Crippen molar-refractivity contribution in [3.8, 4) is 11.5 Å². The molecular formula is C23H24N2O4S. The summed E-state index contributed by atoms with van der Waals surface area (Å²) in [5.74, 6) is 0.825. The van der Waals surface area contributed by atoms with Crippen LogP contribution >= 0.6 is 0 Å². The first-order valence-electron chi connectivity index (χ1n) is 9.44. The van der Waals surface area contributed by atoms with Crippen molar-refractivity contribution in [2.75, 3.05) is 15.9 Å². The maximum absolute atomic E-state index is 12.8. The van der Waals surface area contributed by atoms with Gasteiger partial charge in [0.25, 0.3) is 0 Å². The van der Waals surface area contributed by atoms with Crippen LogP contribution in [0.25, 0.3) is 0 Å². The summed E-state index contributed by atoms with van der Waals surface area (Å²) < 4.78 is 31.8. The van der Waals surface area contributed by atoms with Gasteiger partial charge in [0.2, 0.25) is 15.9 Å². The number of para-hydroxylation sites is 2. The van der Waals surface area contributed by atoms with Crippen molar-refractivity contribution >= 4 is 27.3 Å². The summed E-state index contributed by atoms with van der Waals surface area (Å²) in [4.78, 5) is 12.8. The second-order valence-electron chi connectivity index (χ2n) is 6.95. The van der Waals surface area contributed by atoms with E-state index in [1.165, 1.54) is 0 Å². The monoisotopic (exact) mass is 424 g/mol. The molecule has 0 spiro atoms. The van der Waals surface area contributed by atoms with E-state index in [0.717, 1.165) is 16.1 Å². The highest BCUT2D eigenvalue weighted by Crippen LogP contribution is 2.27. The Bertz CT molecular complexity index is 1110. The molecule has 3 aromatic carbocycles. The lowest BCUT2D eigenvalue weighted by Crippen LogP contribution is -2.45. The number of aryl methyl sites for hydroxylation is 1. The van der Waals surface area contributed by atoms with Gasteiger partial charge in [-0.2, -0.15) is 0 Å². The van der Waals surface area contributed by atoms with Crippen molar-refractivity contribution in [2.45, 2.75) is 19.9 Å². The average Bonchev–Trinajstić information content (AvgIpc) is 2.71. The minimum absolute atomic E-state index is 0.380. The van der Waals surface area contributed by atoms with Gasteiger partial charge in [-0.25, -0.2) is 8.42 Å². The van der Waals surface area contributed by atoms with E-state index in [2.05, 4.69) is 5.32 Å². The molecule has 0 aromatic heterocycles. The molecule has 0 heterocycles. The number of carbonyl (C=O) groups is 1. The number of nitrogens with zero attached hydrogens (tertiary/aromatic N) is 1. The molecule has 1 N–H and O–H groups in total. The highest BCUT2D eigenvalue weighted by Gasteiger charge is 2.29. The fourth-order valence-corrected chi connectivity index (χ4v) is 4.22. The standard InChI is InChI=1S/C23H24N2O4S/c1-17-9-7-8-12-22(17)24-23(26)18(2)25(30(3,27)28)19-13-15-21(16-14-19)29-20-10-5-4-6-11-20/h4-16,18H,1-3H3,(H,24,26). The maximum atomic E-state index is 12.8. The predicted octanol–water partition coefficient (Wildman–Crippen LogP) is 4.58. The Labute approximate surface area is 177 Å². The van der Waals surface area contributed by atoms with Crippen molar-refractivity contribution in [3.05, 3.63) is 84.4 Å². The maximum Gasteiger partial charge on any atom is 0.248 e. The Morgan fingerprint density at radius 1 is 0.900 bits per heavy atom. The van der Waals surface area contributed by atoms with Crippen LogP contribution in [0.3, 0.4) is 0 Å². The second-order valence-corrected chi connectivity index (χ2v) is 8.81. The second kappa shape index (κ2) is 9.00. The summed E-state index contributed by atoms with van der Waals surface area (Å²) in [5, 5.41) is 2.81. The Hall–Kier alpha value is -3.32. The molecule has 30 heavy (non-hydrogen) atoms. The topological polar surface area (TPSA) is 75.7 Å². The van der Waals surface area contributed by atoms with Crippen LogP contribution in [0, 0.1) is 6.92 Å². The minimum atomic E-state index is -3.70. The Balaban J connectivity index is 1.82. The van der Waals surface area contributed by atoms with Gasteiger partial charge >= 0.3 is 0 Å². The Morgan fingerprint density at radius 2 is 1.47 bits per heavy atom. The SMILES string of the molecule is Cc1ccccc1NC(=O)C(C)N(c1ccc(Oc2ccccc2)cc1)S(C)(=O)=O. The zero-order valence-corrected chi connectivity index (χ0v) is 17.9. The quantitative estimate of drug-likeness (QED) is 0.602. The molecule has 1 amide bonds. The van der Waals surface area contributed by atoms with Gasteiger partial charge in [0.1, 0.15) is 17.5 Å². The van der Waals surface area contributed by atoms with E-state index in [0.29, 0.717) is 22.9 Å². The van der Waals surface area contributed by atoms with Gasteiger partial charge in [0.05, 0.1) is 11.9 Å². The Kier molecular flexibility index (Phi) is 6.42. The van der Waals surface area contributed by atoms with Crippen LogP contribution in [0.1, 0.15) is 12.5 Å². The van der Waals surface area contributed by atoms with E-state index < -0.39 is 22.0 Å². The fourth-order valence-electron chi connectivity index (χ4n) is 3.04. The number of hydrogen-bond acceptors (Lipinski definition) is 4. The van der Waals surface area contributed by atoms with E-state index in [4.69, 9.17) is 4.74 Å². The number of rotatable bonds is 7. The summed E-state index contributed by atoms with van der Waals surface area (Å²) in [6.07, 6.45) is 1.08. The first kappa shape index (κ1) is 21.4. The number of ether oxygens (including phenoxy) is 1. The zero-order chi connectivity index (χ0) is 21.7. The van der Waals surface area contributed by atoms with Gasteiger partial charge in [0, 0.05) is 5.69 Å². The summed E-state index contributed by atoms with van der Waals surface area (Å²) >= 11 is 0. The normalized spacial score (nSPS) is 12.1. The summed E-state index contributed by atoms with van der Waals surface area (Å²) in [6.45, 7) is 3.43. The summed E-state index contributed by atoms with van der Waals surface area (Å²) in [6, 6.07) is 22.3. The van der Waals surface area contributed by atoms with Gasteiger partial charge in [-0.1, -0.05) is 36.4 Å². The third kappa shape index (κ3) is 5.18. The predicted molar refractivity (Wildman–Crippen MR) is 120 cm³/mol. The first-order chi connectivity index (χ1) is 14.3. The fraction of sp³-hybridized carbons (Fsp3) is 0.174. The summed E-state index contributed by atoms with van der Waals surface area (Å²) in [7, 11) is -3.70. The average molecular weight is 425 g/mol. The van der Waals surface area contributed by atoms with Crippen LogP contribution in [0.2, 0.25) is 0 Å². The molecule has 3 aromatic rings. The smallest absolute Gasteiger partial charge is 0.248 e. The van der Waals surface area contributed by atoms with E-state index in [9.17, 15) is 13.2 Å². The lowest BCUT2D eigenvalue weighted by Gasteiger charge is -2.28. The highest BCUT2D eigenvalue weighted by molar-refractivity contribution is 7.92. The highest BCUT2D eigenvalue weighted by atomic mass is 32.2. The van der Waals surface area contributed by atoms with Crippen molar-refractivity contribution in [1.29, 1.82) is 0 Å². The first-order valence-corrected chi connectivity index (χ1v) is 11.3. The van der Waals surface area contributed by atoms with Crippen molar-refractivity contribution in [1.82, 2.24) is 0 Å². The van der Waals surface area contributed by atoms with Gasteiger partial charge in [-0.15, -0.1) is 0 Å². The molecule has 1 atom stereocenters. The van der Waals surface area contributed by atoms with Gasteiger partial charge in [-0.3, -0.25) is 9.10 Å². The number of amides is 1. The van der Waals surface area contributed by atoms with Gasteiger partial charge in [-0.05, 0) is 61.9 Å². The van der Waals surface area contributed by atoms with Crippen LogP contribution in [0.4, 0.5) is 11.4 Å². The molecule has 7 heteroatoms. The van der Waals surface area contributed by atoms with Crippen molar-refractivity contribution in [2.24, 2.45) is 0 Å². The molecule has 0 aliphatic carbocycles. The largest absolute Gasteiger partial charge is 0.457 e.